The summed E-state index contributed by atoms with van der Waals surface area (Å²) in [6.07, 6.45) is 0.657. The Morgan fingerprint density at radius 2 is 1.61 bits per heavy atom. The number of rotatable bonds is 3. The maximum atomic E-state index is 12.2. The van der Waals surface area contributed by atoms with Gasteiger partial charge in [-0.2, -0.15) is 0 Å². The molecule has 1 unspecified atom stereocenters. The van der Waals surface area contributed by atoms with Gasteiger partial charge in [0.15, 0.2) is 5.78 Å². The SMILES string of the molecule is CC(C)(C)C(=O)C(Br)Cc1c(Br)cc(Br)cc1Br. The molecule has 0 aliphatic rings. The normalized spacial score (nSPS) is 13.5. The lowest BCUT2D eigenvalue weighted by molar-refractivity contribution is -0.125. The minimum atomic E-state index is -0.331. The van der Waals surface area contributed by atoms with Crippen LogP contribution in [0.3, 0.4) is 0 Å². The molecule has 1 nitrogen and oxygen atoms in total. The van der Waals surface area contributed by atoms with Crippen molar-refractivity contribution in [3.63, 3.8) is 0 Å². The van der Waals surface area contributed by atoms with Gasteiger partial charge in [0.25, 0.3) is 0 Å². The van der Waals surface area contributed by atoms with Gasteiger partial charge in [0.1, 0.15) is 0 Å². The van der Waals surface area contributed by atoms with Crippen LogP contribution in [0.2, 0.25) is 0 Å². The summed E-state index contributed by atoms with van der Waals surface area (Å²) in [5, 5.41) is 0. The number of carbonyl (C=O) groups excluding carboxylic acids is 1. The molecule has 0 heterocycles. The van der Waals surface area contributed by atoms with Crippen molar-refractivity contribution in [3.05, 3.63) is 31.1 Å². The quantitative estimate of drug-likeness (QED) is 0.468. The molecule has 0 radical (unpaired) electrons. The zero-order chi connectivity index (χ0) is 14.1. The van der Waals surface area contributed by atoms with Crippen LogP contribution >= 0.6 is 63.7 Å². The van der Waals surface area contributed by atoms with Crippen molar-refractivity contribution in [1.29, 1.82) is 0 Å². The zero-order valence-corrected chi connectivity index (χ0v) is 16.7. The van der Waals surface area contributed by atoms with Crippen LogP contribution in [0.4, 0.5) is 0 Å². The van der Waals surface area contributed by atoms with Crippen LogP contribution in [0.15, 0.2) is 25.6 Å². The molecule has 0 saturated heterocycles. The Morgan fingerprint density at radius 1 is 1.17 bits per heavy atom. The summed E-state index contributed by atoms with van der Waals surface area (Å²) in [5.41, 5.74) is 0.764. The van der Waals surface area contributed by atoms with Crippen LogP contribution in [0.25, 0.3) is 0 Å². The molecule has 0 aliphatic heterocycles. The second kappa shape index (κ2) is 6.51. The van der Waals surface area contributed by atoms with Crippen LogP contribution < -0.4 is 0 Å². The van der Waals surface area contributed by atoms with Gasteiger partial charge < -0.3 is 0 Å². The van der Waals surface area contributed by atoms with Gasteiger partial charge in [0.05, 0.1) is 4.83 Å². The maximum Gasteiger partial charge on any atom is 0.152 e. The van der Waals surface area contributed by atoms with Crippen molar-refractivity contribution in [2.24, 2.45) is 5.41 Å². The number of benzene rings is 1. The molecule has 0 amide bonds. The van der Waals surface area contributed by atoms with Gasteiger partial charge in [0.2, 0.25) is 0 Å². The fourth-order valence-electron chi connectivity index (χ4n) is 1.51. The Labute approximate surface area is 142 Å². The fourth-order valence-corrected chi connectivity index (χ4v) is 5.10. The van der Waals surface area contributed by atoms with E-state index in [0.29, 0.717) is 6.42 Å². The molecule has 0 bridgehead atoms. The highest BCUT2D eigenvalue weighted by atomic mass is 79.9. The monoisotopic (exact) mass is 502 g/mol. The third-order valence-electron chi connectivity index (χ3n) is 2.51. The largest absolute Gasteiger partial charge is 0.298 e. The van der Waals surface area contributed by atoms with E-state index in [1.165, 1.54) is 0 Å². The maximum absolute atomic E-state index is 12.2. The molecule has 1 aromatic rings. The Balaban J connectivity index is 2.96. The summed E-state index contributed by atoms with van der Waals surface area (Å²) in [6.45, 7) is 5.82. The van der Waals surface area contributed by atoms with Crippen LogP contribution in [0.5, 0.6) is 0 Å². The predicted octanol–water partition coefficient (Wildman–Crippen LogP) is 5.90. The molecule has 0 fully saturated rings. The van der Waals surface area contributed by atoms with Gasteiger partial charge in [-0.1, -0.05) is 84.5 Å². The predicted molar refractivity (Wildman–Crippen MR) is 90.4 cm³/mol. The third-order valence-corrected chi connectivity index (χ3v) is 5.13. The lowest BCUT2D eigenvalue weighted by Crippen LogP contribution is -2.30. The van der Waals surface area contributed by atoms with Gasteiger partial charge in [-0.15, -0.1) is 0 Å². The van der Waals surface area contributed by atoms with E-state index in [9.17, 15) is 4.79 Å². The molecular formula is C13H14Br4O. The van der Waals surface area contributed by atoms with Crippen molar-refractivity contribution < 1.29 is 4.79 Å². The van der Waals surface area contributed by atoms with Gasteiger partial charge in [-0.3, -0.25) is 4.79 Å². The number of halogens is 4. The number of hydrogen-bond donors (Lipinski definition) is 0. The molecule has 0 aliphatic carbocycles. The van der Waals surface area contributed by atoms with E-state index >= 15 is 0 Å². The van der Waals surface area contributed by atoms with E-state index in [1.807, 2.05) is 32.9 Å². The average Bonchev–Trinajstić information content (AvgIpc) is 2.20. The highest BCUT2D eigenvalue weighted by molar-refractivity contribution is 9.11. The summed E-state index contributed by atoms with van der Waals surface area (Å²) in [7, 11) is 0. The lowest BCUT2D eigenvalue weighted by atomic mass is 9.87. The molecular weight excluding hydrogens is 492 g/mol. The van der Waals surface area contributed by atoms with E-state index in [2.05, 4.69) is 63.7 Å². The smallest absolute Gasteiger partial charge is 0.152 e. The van der Waals surface area contributed by atoms with E-state index in [4.69, 9.17) is 0 Å². The molecule has 0 saturated carbocycles. The lowest BCUT2D eigenvalue weighted by Gasteiger charge is -2.21. The molecule has 100 valence electrons. The van der Waals surface area contributed by atoms with E-state index in [-0.39, 0.29) is 16.0 Å². The van der Waals surface area contributed by atoms with Crippen molar-refractivity contribution in [3.8, 4) is 0 Å². The van der Waals surface area contributed by atoms with Gasteiger partial charge in [0, 0.05) is 18.8 Å². The summed E-state index contributed by atoms with van der Waals surface area (Å²) < 4.78 is 2.99. The van der Waals surface area contributed by atoms with Crippen molar-refractivity contribution in [2.75, 3.05) is 0 Å². The molecule has 5 heteroatoms. The first-order valence-electron chi connectivity index (χ1n) is 5.44. The first-order chi connectivity index (χ1) is 8.12. The Kier molecular flexibility index (Phi) is 6.10. The summed E-state index contributed by atoms with van der Waals surface area (Å²) in [5.74, 6) is 0.212. The number of carbonyl (C=O) groups is 1. The molecule has 1 rings (SSSR count). The number of Topliss-reactive ketones (excluding diaryl/α,β-unsaturated/α-hetero) is 1. The minimum Gasteiger partial charge on any atom is -0.298 e. The molecule has 1 atom stereocenters. The number of ketones is 1. The van der Waals surface area contributed by atoms with Crippen LogP contribution in [-0.4, -0.2) is 10.6 Å². The van der Waals surface area contributed by atoms with Crippen molar-refractivity contribution in [2.45, 2.75) is 32.0 Å². The minimum absolute atomic E-state index is 0.175. The van der Waals surface area contributed by atoms with Crippen LogP contribution in [0.1, 0.15) is 26.3 Å². The Bertz CT molecular complexity index is 440. The Hall–Kier alpha value is 0.810. The van der Waals surface area contributed by atoms with E-state index in [1.54, 1.807) is 0 Å². The molecule has 1 aromatic carbocycles. The number of alkyl halides is 1. The molecule has 0 N–H and O–H groups in total. The summed E-state index contributed by atoms with van der Waals surface area (Å²) in [6, 6.07) is 3.97. The van der Waals surface area contributed by atoms with Gasteiger partial charge >= 0.3 is 0 Å². The highest BCUT2D eigenvalue weighted by Crippen LogP contribution is 2.33. The molecule has 0 spiro atoms. The average molecular weight is 506 g/mol. The molecule has 18 heavy (non-hydrogen) atoms. The number of hydrogen-bond acceptors (Lipinski definition) is 1. The summed E-state index contributed by atoms with van der Waals surface area (Å²) >= 11 is 14.0. The second-order valence-corrected chi connectivity index (χ2v) is 8.86. The standard InChI is InChI=1S/C13H14Br4O/c1-13(2,3)12(18)11(17)6-8-9(15)4-7(14)5-10(8)16/h4-5,11H,6H2,1-3H3. The first kappa shape index (κ1) is 16.9. The summed E-state index contributed by atoms with van der Waals surface area (Å²) in [4.78, 5) is 12.0. The van der Waals surface area contributed by atoms with Crippen molar-refractivity contribution >= 4 is 69.5 Å². The topological polar surface area (TPSA) is 17.1 Å². The zero-order valence-electron chi connectivity index (χ0n) is 10.4. The van der Waals surface area contributed by atoms with Crippen LogP contribution in [0, 0.1) is 5.41 Å². The van der Waals surface area contributed by atoms with Crippen molar-refractivity contribution in [1.82, 2.24) is 0 Å². The first-order valence-corrected chi connectivity index (χ1v) is 8.74. The Morgan fingerprint density at radius 3 is 2.00 bits per heavy atom. The van der Waals surface area contributed by atoms with E-state index < -0.39 is 0 Å². The molecule has 0 aromatic heterocycles. The van der Waals surface area contributed by atoms with Crippen LogP contribution in [-0.2, 0) is 11.2 Å². The van der Waals surface area contributed by atoms with Gasteiger partial charge in [-0.05, 0) is 24.1 Å². The highest BCUT2D eigenvalue weighted by Gasteiger charge is 2.28. The van der Waals surface area contributed by atoms with Gasteiger partial charge in [-0.25, -0.2) is 0 Å². The second-order valence-electron chi connectivity index (χ2n) is 5.13. The third kappa shape index (κ3) is 4.43. The fraction of sp³-hybridized carbons (Fsp3) is 0.462. The van der Waals surface area contributed by atoms with E-state index in [0.717, 1.165) is 19.0 Å².